The summed E-state index contributed by atoms with van der Waals surface area (Å²) in [5.74, 6) is 1.82. The van der Waals surface area contributed by atoms with Gasteiger partial charge in [-0.25, -0.2) is 0 Å². The predicted molar refractivity (Wildman–Crippen MR) is 83.8 cm³/mol. The van der Waals surface area contributed by atoms with Crippen LogP contribution >= 0.6 is 24.0 Å². The van der Waals surface area contributed by atoms with E-state index in [-0.39, 0.29) is 24.0 Å². The molecule has 3 nitrogen and oxygen atoms in total. The Kier molecular flexibility index (Phi) is 13.2. The van der Waals surface area contributed by atoms with E-state index >= 15 is 0 Å². The second kappa shape index (κ2) is 11.5. The first-order valence-corrected chi connectivity index (χ1v) is 6.03. The second-order valence-corrected chi connectivity index (χ2v) is 4.52. The van der Waals surface area contributed by atoms with Gasteiger partial charge in [-0.05, 0) is 19.3 Å². The zero-order valence-electron chi connectivity index (χ0n) is 11.4. The summed E-state index contributed by atoms with van der Waals surface area (Å²) in [4.78, 5) is 6.57. The highest BCUT2D eigenvalue weighted by atomic mass is 127. The molecular formula is C12H28IN3. The van der Waals surface area contributed by atoms with E-state index in [9.17, 15) is 0 Å². The van der Waals surface area contributed by atoms with Crippen LogP contribution in [0.5, 0.6) is 0 Å². The average molecular weight is 341 g/mol. The highest BCUT2D eigenvalue weighted by Gasteiger charge is 1.98. The fourth-order valence-corrected chi connectivity index (χ4v) is 1.36. The van der Waals surface area contributed by atoms with E-state index in [4.69, 9.17) is 0 Å². The summed E-state index contributed by atoms with van der Waals surface area (Å²) in [5.41, 5.74) is 0. The van der Waals surface area contributed by atoms with Crippen molar-refractivity contribution in [2.75, 3.05) is 27.2 Å². The van der Waals surface area contributed by atoms with Crippen molar-refractivity contribution in [3.8, 4) is 0 Å². The number of nitrogens with zero attached hydrogens (tertiary/aromatic N) is 2. The largest absolute Gasteiger partial charge is 0.357 e. The predicted octanol–water partition coefficient (Wildman–Crippen LogP) is 2.96. The van der Waals surface area contributed by atoms with Gasteiger partial charge in [0.2, 0.25) is 0 Å². The number of rotatable bonds is 6. The Morgan fingerprint density at radius 2 is 1.88 bits per heavy atom. The first-order valence-electron chi connectivity index (χ1n) is 6.03. The molecule has 98 valence electrons. The number of aliphatic imine (C=N–C) groups is 1. The minimum atomic E-state index is 0. The number of hydrogen-bond donors (Lipinski definition) is 1. The summed E-state index contributed by atoms with van der Waals surface area (Å²) in [7, 11) is 4.05. The maximum Gasteiger partial charge on any atom is 0.193 e. The Hall–Kier alpha value is 0. The molecule has 0 aliphatic rings. The molecule has 0 aromatic rings. The molecule has 4 heteroatoms. The highest BCUT2D eigenvalue weighted by Crippen LogP contribution is 2.05. The van der Waals surface area contributed by atoms with Gasteiger partial charge < -0.3 is 10.2 Å². The van der Waals surface area contributed by atoms with Gasteiger partial charge in [-0.3, -0.25) is 4.99 Å². The van der Waals surface area contributed by atoms with Crippen LogP contribution in [0.3, 0.4) is 0 Å². The second-order valence-electron chi connectivity index (χ2n) is 4.52. The quantitative estimate of drug-likeness (QED) is 0.348. The summed E-state index contributed by atoms with van der Waals surface area (Å²) in [6, 6.07) is 0. The number of halogens is 1. The minimum Gasteiger partial charge on any atom is -0.357 e. The summed E-state index contributed by atoms with van der Waals surface area (Å²) in [6.45, 7) is 8.51. The van der Waals surface area contributed by atoms with Crippen molar-refractivity contribution in [3.63, 3.8) is 0 Å². The number of guanidine groups is 1. The van der Waals surface area contributed by atoms with Crippen LogP contribution in [-0.4, -0.2) is 38.0 Å². The van der Waals surface area contributed by atoms with Crippen LogP contribution in [0, 0.1) is 5.92 Å². The van der Waals surface area contributed by atoms with E-state index < -0.39 is 0 Å². The molecule has 0 aliphatic carbocycles. The van der Waals surface area contributed by atoms with Crippen molar-refractivity contribution in [2.24, 2.45) is 10.9 Å². The van der Waals surface area contributed by atoms with Gasteiger partial charge in [0.1, 0.15) is 0 Å². The van der Waals surface area contributed by atoms with Gasteiger partial charge in [-0.1, -0.05) is 26.7 Å². The molecular weight excluding hydrogens is 313 g/mol. The Morgan fingerprint density at radius 3 is 2.31 bits per heavy atom. The summed E-state index contributed by atoms with van der Waals surface area (Å²) >= 11 is 0. The zero-order chi connectivity index (χ0) is 11.7. The molecule has 0 radical (unpaired) electrons. The maximum atomic E-state index is 4.54. The third-order valence-corrected chi connectivity index (χ3v) is 2.21. The molecule has 0 amide bonds. The number of unbranched alkanes of at least 4 members (excludes halogenated alkanes) is 1. The minimum absolute atomic E-state index is 0. The zero-order valence-corrected chi connectivity index (χ0v) is 13.7. The van der Waals surface area contributed by atoms with Gasteiger partial charge in [0.25, 0.3) is 0 Å². The van der Waals surface area contributed by atoms with Crippen LogP contribution < -0.4 is 5.32 Å². The van der Waals surface area contributed by atoms with Crippen LogP contribution in [0.2, 0.25) is 0 Å². The van der Waals surface area contributed by atoms with Gasteiger partial charge in [-0.15, -0.1) is 24.0 Å². The molecule has 0 atom stereocenters. The first kappa shape index (κ1) is 18.4. The van der Waals surface area contributed by atoms with Crippen LogP contribution in [0.15, 0.2) is 4.99 Å². The van der Waals surface area contributed by atoms with Crippen molar-refractivity contribution in [3.05, 3.63) is 0 Å². The maximum absolute atomic E-state index is 4.54. The lowest BCUT2D eigenvalue weighted by molar-refractivity contribution is 0.536. The smallest absolute Gasteiger partial charge is 0.193 e. The molecule has 0 bridgehead atoms. The van der Waals surface area contributed by atoms with Crippen molar-refractivity contribution in [1.82, 2.24) is 10.2 Å². The van der Waals surface area contributed by atoms with Gasteiger partial charge in [0.05, 0.1) is 0 Å². The third kappa shape index (κ3) is 10.5. The van der Waals surface area contributed by atoms with Gasteiger partial charge in [0.15, 0.2) is 5.96 Å². The van der Waals surface area contributed by atoms with Gasteiger partial charge in [0, 0.05) is 27.2 Å². The molecule has 0 fully saturated rings. The fourth-order valence-electron chi connectivity index (χ4n) is 1.36. The van der Waals surface area contributed by atoms with E-state index in [0.717, 1.165) is 25.0 Å². The lowest BCUT2D eigenvalue weighted by Gasteiger charge is -2.16. The van der Waals surface area contributed by atoms with Crippen molar-refractivity contribution < 1.29 is 0 Å². The SMILES string of the molecule is CCNC(=NCCCCC(C)C)N(C)C.I. The normalized spacial score (nSPS) is 11.2. The van der Waals surface area contributed by atoms with Crippen LogP contribution in [0.1, 0.15) is 40.0 Å². The fraction of sp³-hybridized carbons (Fsp3) is 0.917. The molecule has 0 aromatic heterocycles. The van der Waals surface area contributed by atoms with Crippen molar-refractivity contribution >= 4 is 29.9 Å². The molecule has 0 heterocycles. The topological polar surface area (TPSA) is 27.6 Å². The molecule has 0 unspecified atom stereocenters. The molecule has 0 spiro atoms. The average Bonchev–Trinajstić information content (AvgIpc) is 2.15. The summed E-state index contributed by atoms with van der Waals surface area (Å²) in [6.07, 6.45) is 3.79. The monoisotopic (exact) mass is 341 g/mol. The lowest BCUT2D eigenvalue weighted by atomic mass is 10.1. The van der Waals surface area contributed by atoms with Crippen molar-refractivity contribution in [1.29, 1.82) is 0 Å². The van der Waals surface area contributed by atoms with Crippen molar-refractivity contribution in [2.45, 2.75) is 40.0 Å². The molecule has 0 aliphatic heterocycles. The van der Waals surface area contributed by atoms with Gasteiger partial charge >= 0.3 is 0 Å². The first-order chi connectivity index (χ1) is 7.07. The van der Waals surface area contributed by atoms with Crippen LogP contribution in [0.25, 0.3) is 0 Å². The molecule has 0 rings (SSSR count). The summed E-state index contributed by atoms with van der Waals surface area (Å²) in [5, 5.41) is 3.26. The standard InChI is InChI=1S/C12H27N3.HI/c1-6-13-12(15(4)5)14-10-8-7-9-11(2)3;/h11H,6-10H2,1-5H3,(H,13,14);1H. The Morgan fingerprint density at radius 1 is 1.25 bits per heavy atom. The van der Waals surface area contributed by atoms with E-state index in [1.54, 1.807) is 0 Å². The highest BCUT2D eigenvalue weighted by molar-refractivity contribution is 14.0. The van der Waals surface area contributed by atoms with E-state index in [1.807, 2.05) is 19.0 Å². The molecule has 0 aromatic carbocycles. The Bertz CT molecular complexity index is 179. The molecule has 16 heavy (non-hydrogen) atoms. The van der Waals surface area contributed by atoms with Gasteiger partial charge in [-0.2, -0.15) is 0 Å². The van der Waals surface area contributed by atoms with E-state index in [2.05, 4.69) is 31.1 Å². The molecule has 0 saturated carbocycles. The van der Waals surface area contributed by atoms with E-state index in [0.29, 0.717) is 0 Å². The number of nitrogens with one attached hydrogen (secondary N) is 1. The molecule has 1 N–H and O–H groups in total. The number of hydrogen-bond acceptors (Lipinski definition) is 1. The van der Waals surface area contributed by atoms with Crippen LogP contribution in [0.4, 0.5) is 0 Å². The Labute approximate surface area is 118 Å². The third-order valence-electron chi connectivity index (χ3n) is 2.21. The Balaban J connectivity index is 0. The van der Waals surface area contributed by atoms with Crippen LogP contribution in [-0.2, 0) is 0 Å². The molecule has 0 saturated heterocycles. The van der Waals surface area contributed by atoms with E-state index in [1.165, 1.54) is 19.3 Å². The summed E-state index contributed by atoms with van der Waals surface area (Å²) < 4.78 is 0. The lowest BCUT2D eigenvalue weighted by Crippen LogP contribution is -2.36.